The van der Waals surface area contributed by atoms with Crippen LogP contribution in [0.3, 0.4) is 0 Å². The number of carbonyl (C=O) groups is 1. The zero-order valence-electron chi connectivity index (χ0n) is 6.17. The Balaban J connectivity index is 2.27. The minimum absolute atomic E-state index is 0.140. The molecule has 0 radical (unpaired) electrons. The van der Waals surface area contributed by atoms with Crippen LogP contribution in [0, 0.1) is 5.41 Å². The van der Waals surface area contributed by atoms with Crippen molar-refractivity contribution in [2.75, 3.05) is 26.3 Å². The summed E-state index contributed by atoms with van der Waals surface area (Å²) in [7, 11) is 0. The maximum absolute atomic E-state index is 10.1. The molecule has 0 aromatic rings. The second kappa shape index (κ2) is 3.06. The van der Waals surface area contributed by atoms with Gasteiger partial charge in [0.1, 0.15) is 0 Å². The zero-order valence-corrected chi connectivity index (χ0v) is 6.17. The topological polar surface area (TPSA) is 84.6 Å². The minimum Gasteiger partial charge on any atom is -0.465 e. The molecule has 1 rings (SSSR count). The molecule has 0 spiro atoms. The normalized spacial score (nSPS) is 20.5. The quantitative estimate of drug-likeness (QED) is 0.506. The Kier molecular flexibility index (Phi) is 2.31. The van der Waals surface area contributed by atoms with Crippen LogP contribution in [0.5, 0.6) is 0 Å². The smallest absolute Gasteiger partial charge is 0.404 e. The van der Waals surface area contributed by atoms with E-state index < -0.39 is 6.09 Å². The van der Waals surface area contributed by atoms with Gasteiger partial charge in [0.25, 0.3) is 0 Å². The van der Waals surface area contributed by atoms with E-state index in [1.807, 2.05) is 0 Å². The molecule has 0 bridgehead atoms. The van der Waals surface area contributed by atoms with E-state index in [0.29, 0.717) is 26.3 Å². The molecule has 1 amide bonds. The molecule has 1 saturated heterocycles. The summed E-state index contributed by atoms with van der Waals surface area (Å²) in [6.07, 6.45) is -1.01. The molecule has 5 heteroatoms. The Labute approximate surface area is 64.5 Å². The first kappa shape index (κ1) is 8.29. The summed E-state index contributed by atoms with van der Waals surface area (Å²) in [6, 6.07) is 0. The average Bonchev–Trinajstić information content (AvgIpc) is 1.86. The summed E-state index contributed by atoms with van der Waals surface area (Å²) in [4.78, 5) is 10.1. The van der Waals surface area contributed by atoms with Gasteiger partial charge in [-0.1, -0.05) is 0 Å². The fraction of sp³-hybridized carbons (Fsp3) is 0.833. The van der Waals surface area contributed by atoms with Crippen LogP contribution in [0.25, 0.3) is 0 Å². The second-order valence-corrected chi connectivity index (χ2v) is 2.86. The number of nitrogens with two attached hydrogens (primary N) is 1. The number of ether oxygens (including phenoxy) is 1. The van der Waals surface area contributed by atoms with Crippen molar-refractivity contribution < 1.29 is 14.6 Å². The highest BCUT2D eigenvalue weighted by atomic mass is 16.5. The zero-order chi connectivity index (χ0) is 8.32. The fourth-order valence-electron chi connectivity index (χ4n) is 0.946. The summed E-state index contributed by atoms with van der Waals surface area (Å²) in [5.74, 6) is 0. The molecule has 0 saturated carbocycles. The van der Waals surface area contributed by atoms with Crippen LogP contribution >= 0.6 is 0 Å². The predicted molar refractivity (Wildman–Crippen MR) is 38.3 cm³/mol. The van der Waals surface area contributed by atoms with E-state index in [0.717, 1.165) is 0 Å². The summed E-state index contributed by atoms with van der Waals surface area (Å²) in [5.41, 5.74) is 5.30. The van der Waals surface area contributed by atoms with Gasteiger partial charge in [-0.3, -0.25) is 0 Å². The van der Waals surface area contributed by atoms with Crippen LogP contribution in [0.2, 0.25) is 0 Å². The van der Waals surface area contributed by atoms with Gasteiger partial charge in [0.05, 0.1) is 13.2 Å². The molecule has 0 atom stereocenters. The molecule has 4 N–H and O–H groups in total. The van der Waals surface area contributed by atoms with Crippen molar-refractivity contribution in [3.05, 3.63) is 0 Å². The maximum Gasteiger partial charge on any atom is 0.404 e. The van der Waals surface area contributed by atoms with E-state index in [1.165, 1.54) is 0 Å². The third-order valence-corrected chi connectivity index (χ3v) is 1.86. The Bertz CT molecular complexity index is 150. The van der Waals surface area contributed by atoms with E-state index >= 15 is 0 Å². The molecule has 0 aromatic heterocycles. The molecular weight excluding hydrogens is 148 g/mol. The van der Waals surface area contributed by atoms with Crippen molar-refractivity contribution in [1.29, 1.82) is 0 Å². The van der Waals surface area contributed by atoms with Crippen molar-refractivity contribution in [1.82, 2.24) is 5.32 Å². The molecule has 0 unspecified atom stereocenters. The Morgan fingerprint density at radius 2 is 2.36 bits per heavy atom. The van der Waals surface area contributed by atoms with Crippen LogP contribution in [0.4, 0.5) is 4.79 Å². The number of hydrogen-bond acceptors (Lipinski definition) is 3. The number of amides is 1. The van der Waals surface area contributed by atoms with E-state index in [4.69, 9.17) is 15.6 Å². The van der Waals surface area contributed by atoms with Gasteiger partial charge in [0, 0.05) is 18.5 Å². The Morgan fingerprint density at radius 3 is 2.64 bits per heavy atom. The Morgan fingerprint density at radius 1 is 1.73 bits per heavy atom. The summed E-state index contributed by atoms with van der Waals surface area (Å²) >= 11 is 0. The third-order valence-electron chi connectivity index (χ3n) is 1.86. The van der Waals surface area contributed by atoms with Crippen molar-refractivity contribution in [3.63, 3.8) is 0 Å². The Hall–Kier alpha value is -0.810. The van der Waals surface area contributed by atoms with Gasteiger partial charge in [0.15, 0.2) is 0 Å². The van der Waals surface area contributed by atoms with Crippen molar-refractivity contribution in [3.8, 4) is 0 Å². The molecule has 1 heterocycles. The number of carboxylic acid groups (broad SMARTS) is 1. The lowest BCUT2D eigenvalue weighted by molar-refractivity contribution is -0.103. The summed E-state index contributed by atoms with van der Waals surface area (Å²) in [6.45, 7) is 1.97. The molecule has 1 aliphatic rings. The molecule has 64 valence electrons. The van der Waals surface area contributed by atoms with Gasteiger partial charge in [-0.2, -0.15) is 0 Å². The standard InChI is InChI=1S/C6H12N2O3/c7-1-6(3-11-4-6)2-8-5(9)10/h8H,1-4,7H2,(H,9,10). The van der Waals surface area contributed by atoms with E-state index in [9.17, 15) is 4.79 Å². The van der Waals surface area contributed by atoms with Crippen molar-refractivity contribution in [2.24, 2.45) is 11.1 Å². The highest BCUT2D eigenvalue weighted by molar-refractivity contribution is 5.64. The third kappa shape index (κ3) is 1.81. The predicted octanol–water partition coefficient (Wildman–Crippen LogP) is -0.771. The van der Waals surface area contributed by atoms with Gasteiger partial charge in [-0.25, -0.2) is 4.79 Å². The van der Waals surface area contributed by atoms with Gasteiger partial charge in [-0.05, 0) is 0 Å². The summed E-state index contributed by atoms with van der Waals surface area (Å²) < 4.78 is 4.95. The van der Waals surface area contributed by atoms with Crippen molar-refractivity contribution in [2.45, 2.75) is 0 Å². The van der Waals surface area contributed by atoms with Crippen LogP contribution in [0.1, 0.15) is 0 Å². The van der Waals surface area contributed by atoms with Crippen LogP contribution in [-0.4, -0.2) is 37.5 Å². The van der Waals surface area contributed by atoms with Crippen LogP contribution < -0.4 is 11.1 Å². The largest absolute Gasteiger partial charge is 0.465 e. The van der Waals surface area contributed by atoms with E-state index in [-0.39, 0.29) is 5.41 Å². The highest BCUT2D eigenvalue weighted by Gasteiger charge is 2.37. The first-order valence-corrected chi connectivity index (χ1v) is 3.43. The van der Waals surface area contributed by atoms with Gasteiger partial charge < -0.3 is 20.9 Å². The minimum atomic E-state index is -1.01. The summed E-state index contributed by atoms with van der Waals surface area (Å²) in [5, 5.41) is 10.6. The fourth-order valence-corrected chi connectivity index (χ4v) is 0.946. The number of hydrogen-bond donors (Lipinski definition) is 3. The highest BCUT2D eigenvalue weighted by Crippen LogP contribution is 2.24. The first-order valence-electron chi connectivity index (χ1n) is 3.43. The van der Waals surface area contributed by atoms with E-state index in [1.54, 1.807) is 0 Å². The van der Waals surface area contributed by atoms with Gasteiger partial charge in [0.2, 0.25) is 0 Å². The first-order chi connectivity index (χ1) is 5.18. The van der Waals surface area contributed by atoms with Crippen molar-refractivity contribution >= 4 is 6.09 Å². The molecule has 0 aromatic carbocycles. The lowest BCUT2D eigenvalue weighted by atomic mass is 9.86. The van der Waals surface area contributed by atoms with Crippen LogP contribution in [0.15, 0.2) is 0 Å². The maximum atomic E-state index is 10.1. The molecule has 1 aliphatic heterocycles. The monoisotopic (exact) mass is 160 g/mol. The lowest BCUT2D eigenvalue weighted by Crippen LogP contribution is -2.55. The molecule has 5 nitrogen and oxygen atoms in total. The SMILES string of the molecule is NCC1(CNC(=O)O)COC1. The average molecular weight is 160 g/mol. The molecular formula is C6H12N2O3. The van der Waals surface area contributed by atoms with Gasteiger partial charge in [-0.15, -0.1) is 0 Å². The molecule has 0 aliphatic carbocycles. The lowest BCUT2D eigenvalue weighted by Gasteiger charge is -2.40. The second-order valence-electron chi connectivity index (χ2n) is 2.86. The van der Waals surface area contributed by atoms with E-state index in [2.05, 4.69) is 5.32 Å². The number of rotatable bonds is 3. The molecule has 1 fully saturated rings. The number of nitrogens with one attached hydrogen (secondary N) is 1. The van der Waals surface area contributed by atoms with Crippen LogP contribution in [-0.2, 0) is 4.74 Å². The van der Waals surface area contributed by atoms with Gasteiger partial charge >= 0.3 is 6.09 Å². The molecule has 11 heavy (non-hydrogen) atoms.